The van der Waals surface area contributed by atoms with Gasteiger partial charge in [0.2, 0.25) is 5.91 Å². The monoisotopic (exact) mass is 446 g/mol. The zero-order chi connectivity index (χ0) is 21.0. The van der Waals surface area contributed by atoms with Crippen molar-refractivity contribution in [3.8, 4) is 5.75 Å². The van der Waals surface area contributed by atoms with E-state index in [0.29, 0.717) is 22.2 Å². The van der Waals surface area contributed by atoms with E-state index in [1.165, 1.54) is 16.7 Å². The van der Waals surface area contributed by atoms with E-state index in [1.54, 1.807) is 23.5 Å². The minimum Gasteiger partial charge on any atom is -0.508 e. The lowest BCUT2D eigenvalue weighted by Gasteiger charge is -2.29. The van der Waals surface area contributed by atoms with Crippen LogP contribution in [0.15, 0.2) is 46.7 Å². The quantitative estimate of drug-likeness (QED) is 0.496. The van der Waals surface area contributed by atoms with Gasteiger partial charge in [-0.1, -0.05) is 56.0 Å². The lowest BCUT2D eigenvalue weighted by molar-refractivity contribution is -0.134. The minimum atomic E-state index is -0.656. The van der Waals surface area contributed by atoms with Gasteiger partial charge in [0.15, 0.2) is 0 Å². The number of carbonyl (C=O) groups excluding carboxylic acids is 2. The largest absolute Gasteiger partial charge is 0.508 e. The Morgan fingerprint density at radius 1 is 1.28 bits per heavy atom. The van der Waals surface area contributed by atoms with E-state index in [0.717, 1.165) is 10.4 Å². The maximum atomic E-state index is 13.0. The molecule has 0 aliphatic carbocycles. The molecule has 0 spiro atoms. The first-order valence-corrected chi connectivity index (χ1v) is 11.3. The van der Waals surface area contributed by atoms with Crippen molar-refractivity contribution in [2.45, 2.75) is 26.3 Å². The van der Waals surface area contributed by atoms with Crippen molar-refractivity contribution in [1.29, 1.82) is 0 Å². The van der Waals surface area contributed by atoms with Crippen LogP contribution >= 0.6 is 35.3 Å². The molecule has 1 aliphatic heterocycles. The van der Waals surface area contributed by atoms with Crippen LogP contribution in [0.1, 0.15) is 24.3 Å². The molecule has 0 bridgehead atoms. The summed E-state index contributed by atoms with van der Waals surface area (Å²) in [6.07, 6.45) is 2.46. The lowest BCUT2D eigenvalue weighted by atomic mass is 10.0. The first kappa shape index (κ1) is 21.5. The van der Waals surface area contributed by atoms with Gasteiger partial charge in [0.1, 0.15) is 16.1 Å². The van der Waals surface area contributed by atoms with Crippen LogP contribution < -0.4 is 5.32 Å². The SMILES string of the molecule is CC(C)[C@H](C(=O)NCCc1ccc(O)cc1)N1C(=O)/C(=C/c2cccs2)SC1=S. The van der Waals surface area contributed by atoms with E-state index in [-0.39, 0.29) is 23.5 Å². The Balaban J connectivity index is 1.68. The highest BCUT2D eigenvalue weighted by molar-refractivity contribution is 8.26. The number of aromatic hydroxyl groups is 1. The van der Waals surface area contributed by atoms with Crippen LogP contribution in [0.2, 0.25) is 0 Å². The average Bonchev–Trinajstić information content (AvgIpc) is 3.27. The number of hydrogen-bond donors (Lipinski definition) is 2. The molecule has 1 saturated heterocycles. The predicted molar refractivity (Wildman–Crippen MR) is 123 cm³/mol. The molecule has 0 saturated carbocycles. The molecule has 2 amide bonds. The minimum absolute atomic E-state index is 0.0905. The summed E-state index contributed by atoms with van der Waals surface area (Å²) < 4.78 is 0.408. The second kappa shape index (κ2) is 9.56. The molecule has 29 heavy (non-hydrogen) atoms. The molecule has 0 unspecified atom stereocenters. The number of phenolic OH excluding ortho intramolecular Hbond substituents is 1. The van der Waals surface area contributed by atoms with Gasteiger partial charge in [-0.25, -0.2) is 0 Å². The molecule has 1 aliphatic rings. The Labute approximate surface area is 183 Å². The molecule has 152 valence electrons. The number of rotatable bonds is 7. The third-order valence-electron chi connectivity index (χ3n) is 4.47. The maximum absolute atomic E-state index is 13.0. The molecule has 2 heterocycles. The molecule has 8 heteroatoms. The van der Waals surface area contributed by atoms with Gasteiger partial charge in [0.05, 0.1) is 4.91 Å². The maximum Gasteiger partial charge on any atom is 0.266 e. The van der Waals surface area contributed by atoms with Crippen molar-refractivity contribution >= 4 is 57.5 Å². The molecular weight excluding hydrogens is 424 g/mol. The Hall–Kier alpha value is -2.16. The predicted octanol–water partition coefficient (Wildman–Crippen LogP) is 4.04. The van der Waals surface area contributed by atoms with Gasteiger partial charge in [-0.2, -0.15) is 0 Å². The Morgan fingerprint density at radius 2 is 2.00 bits per heavy atom. The van der Waals surface area contributed by atoms with Crippen LogP contribution in [-0.4, -0.2) is 38.7 Å². The van der Waals surface area contributed by atoms with Gasteiger partial charge in [-0.05, 0) is 47.6 Å². The zero-order valence-electron chi connectivity index (χ0n) is 16.1. The van der Waals surface area contributed by atoms with Crippen molar-refractivity contribution in [1.82, 2.24) is 10.2 Å². The number of thioether (sulfide) groups is 1. The molecule has 3 rings (SSSR count). The molecular formula is C21H22N2O3S3. The number of hydrogen-bond acceptors (Lipinski definition) is 6. The summed E-state index contributed by atoms with van der Waals surface area (Å²) in [5.74, 6) is -0.317. The molecule has 2 N–H and O–H groups in total. The summed E-state index contributed by atoms with van der Waals surface area (Å²) in [4.78, 5) is 28.8. The van der Waals surface area contributed by atoms with Gasteiger partial charge in [-0.3, -0.25) is 14.5 Å². The molecule has 1 atom stereocenters. The molecule has 5 nitrogen and oxygen atoms in total. The summed E-state index contributed by atoms with van der Waals surface area (Å²) >= 11 is 8.22. The number of nitrogens with zero attached hydrogens (tertiary/aromatic N) is 1. The Morgan fingerprint density at radius 3 is 2.62 bits per heavy atom. The van der Waals surface area contributed by atoms with Gasteiger partial charge in [0, 0.05) is 11.4 Å². The number of thiocarbonyl (C=S) groups is 1. The smallest absolute Gasteiger partial charge is 0.266 e. The summed E-state index contributed by atoms with van der Waals surface area (Å²) in [6, 6.07) is 10.1. The topological polar surface area (TPSA) is 69.6 Å². The summed E-state index contributed by atoms with van der Waals surface area (Å²) in [7, 11) is 0. The van der Waals surface area contributed by atoms with Crippen molar-refractivity contribution in [2.24, 2.45) is 5.92 Å². The Bertz CT molecular complexity index is 921. The molecule has 0 radical (unpaired) electrons. The van der Waals surface area contributed by atoms with Crippen molar-refractivity contribution in [2.75, 3.05) is 6.54 Å². The number of carbonyl (C=O) groups is 2. The number of nitrogens with one attached hydrogen (secondary N) is 1. The van der Waals surface area contributed by atoms with Crippen LogP contribution in [0.3, 0.4) is 0 Å². The standard InChI is InChI=1S/C21H22N2O3S3/c1-13(2)18(19(25)22-10-9-14-5-7-15(24)8-6-14)23-20(26)17(29-21(23)27)12-16-4-3-11-28-16/h3-8,11-13,18,24H,9-10H2,1-2H3,(H,22,25)/b17-12-/t18-/m1/s1. The van der Waals surface area contributed by atoms with E-state index < -0.39 is 6.04 Å². The zero-order valence-corrected chi connectivity index (χ0v) is 18.6. The second-order valence-electron chi connectivity index (χ2n) is 6.96. The van der Waals surface area contributed by atoms with Gasteiger partial charge in [-0.15, -0.1) is 11.3 Å². The fraction of sp³-hybridized carbons (Fsp3) is 0.286. The van der Waals surface area contributed by atoms with Crippen LogP contribution in [0.4, 0.5) is 0 Å². The van der Waals surface area contributed by atoms with E-state index in [1.807, 2.05) is 49.6 Å². The molecule has 1 aromatic heterocycles. The third-order valence-corrected chi connectivity index (χ3v) is 6.62. The number of thiophene rings is 1. The highest BCUT2D eigenvalue weighted by atomic mass is 32.2. The highest BCUT2D eigenvalue weighted by Gasteiger charge is 2.41. The third kappa shape index (κ3) is 5.26. The van der Waals surface area contributed by atoms with Crippen molar-refractivity contribution in [3.05, 3.63) is 57.1 Å². The average molecular weight is 447 g/mol. The number of benzene rings is 1. The van der Waals surface area contributed by atoms with Crippen molar-refractivity contribution in [3.63, 3.8) is 0 Å². The Kier molecular flexibility index (Phi) is 7.10. The van der Waals surface area contributed by atoms with Crippen LogP contribution in [0.5, 0.6) is 5.75 Å². The molecule has 2 aromatic rings. The van der Waals surface area contributed by atoms with E-state index in [9.17, 15) is 14.7 Å². The normalized spacial score (nSPS) is 16.7. The lowest BCUT2D eigenvalue weighted by Crippen LogP contribution is -2.51. The fourth-order valence-electron chi connectivity index (χ4n) is 3.04. The van der Waals surface area contributed by atoms with Gasteiger partial charge < -0.3 is 10.4 Å². The molecule has 1 fully saturated rings. The molecule has 1 aromatic carbocycles. The van der Waals surface area contributed by atoms with E-state index >= 15 is 0 Å². The second-order valence-corrected chi connectivity index (χ2v) is 9.62. The summed E-state index contributed by atoms with van der Waals surface area (Å²) in [5, 5.41) is 14.2. The van der Waals surface area contributed by atoms with Gasteiger partial charge in [0.25, 0.3) is 5.91 Å². The highest BCUT2D eigenvalue weighted by Crippen LogP contribution is 2.36. The number of amides is 2. The van der Waals surface area contributed by atoms with Crippen LogP contribution in [-0.2, 0) is 16.0 Å². The van der Waals surface area contributed by atoms with Crippen molar-refractivity contribution < 1.29 is 14.7 Å². The summed E-state index contributed by atoms with van der Waals surface area (Å²) in [6.45, 7) is 4.25. The first-order valence-electron chi connectivity index (χ1n) is 9.23. The van der Waals surface area contributed by atoms with Gasteiger partial charge >= 0.3 is 0 Å². The van der Waals surface area contributed by atoms with Crippen LogP contribution in [0, 0.1) is 5.92 Å². The van der Waals surface area contributed by atoms with E-state index in [2.05, 4.69) is 5.32 Å². The summed E-state index contributed by atoms with van der Waals surface area (Å²) in [5.41, 5.74) is 1.01. The fourth-order valence-corrected chi connectivity index (χ4v) is 5.09. The first-order chi connectivity index (χ1) is 13.9. The van der Waals surface area contributed by atoms with E-state index in [4.69, 9.17) is 12.2 Å². The number of phenols is 1. The van der Waals surface area contributed by atoms with Crippen LogP contribution in [0.25, 0.3) is 6.08 Å².